The van der Waals surface area contributed by atoms with Crippen molar-refractivity contribution in [2.75, 3.05) is 57.0 Å². The number of likely N-dealkylation sites (N-methyl/N-ethyl adjacent to an activating group) is 1. The van der Waals surface area contributed by atoms with Crippen molar-refractivity contribution in [1.29, 1.82) is 0 Å². The van der Waals surface area contributed by atoms with E-state index in [0.717, 1.165) is 26.2 Å². The number of sulfonamides is 1. The lowest BCUT2D eigenvalue weighted by molar-refractivity contribution is 0.292. The Labute approximate surface area is 235 Å². The third kappa shape index (κ3) is 6.55. The average molecular weight is 567 g/mol. The zero-order valence-electron chi connectivity index (χ0n) is 23.6. The Morgan fingerprint density at radius 3 is 2.00 bits per heavy atom. The number of anilines is 2. The molecule has 0 spiro atoms. The van der Waals surface area contributed by atoms with Crippen molar-refractivity contribution in [2.45, 2.75) is 37.1 Å². The van der Waals surface area contributed by atoms with Crippen molar-refractivity contribution in [2.24, 2.45) is 0 Å². The number of benzene rings is 3. The van der Waals surface area contributed by atoms with E-state index in [9.17, 15) is 8.42 Å². The molecule has 9 heteroatoms. The number of rotatable bonds is 10. The quantitative estimate of drug-likeness (QED) is 0.223. The summed E-state index contributed by atoms with van der Waals surface area (Å²) in [6.45, 7) is 10.7. The number of nitrogens with zero attached hydrogens (tertiary/aromatic N) is 2. The summed E-state index contributed by atoms with van der Waals surface area (Å²) in [4.78, 5) is 4.60. The molecular weight excluding hydrogens is 525 g/mol. The summed E-state index contributed by atoms with van der Waals surface area (Å²) < 4.78 is 36.6. The van der Waals surface area contributed by atoms with Gasteiger partial charge in [0, 0.05) is 45.0 Å². The maximum Gasteiger partial charge on any atom is 0.261 e. The molecule has 3 aromatic rings. The van der Waals surface area contributed by atoms with E-state index in [0.29, 0.717) is 24.4 Å². The molecule has 4 rings (SSSR count). The molecule has 210 valence electrons. The fourth-order valence-corrected chi connectivity index (χ4v) is 11.3. The van der Waals surface area contributed by atoms with Gasteiger partial charge in [0.25, 0.3) is 8.32 Å². The summed E-state index contributed by atoms with van der Waals surface area (Å²) >= 11 is 0. The Balaban J connectivity index is 1.49. The summed E-state index contributed by atoms with van der Waals surface area (Å²) in [5.41, 5.74) is 7.15. The van der Waals surface area contributed by atoms with Crippen molar-refractivity contribution in [3.63, 3.8) is 0 Å². The van der Waals surface area contributed by atoms with Crippen LogP contribution in [0.4, 0.5) is 11.4 Å². The Kier molecular flexibility index (Phi) is 9.18. The van der Waals surface area contributed by atoms with Gasteiger partial charge in [0.2, 0.25) is 10.0 Å². The Morgan fingerprint density at radius 1 is 0.897 bits per heavy atom. The maximum atomic E-state index is 13.4. The van der Waals surface area contributed by atoms with Gasteiger partial charge in [-0.2, -0.15) is 0 Å². The molecule has 0 amide bonds. The first kappa shape index (κ1) is 29.3. The topological polar surface area (TPSA) is 87.9 Å². The van der Waals surface area contributed by atoms with Crippen LogP contribution in [0.15, 0.2) is 83.8 Å². The second-order valence-electron chi connectivity index (χ2n) is 11.3. The Morgan fingerprint density at radius 2 is 1.46 bits per heavy atom. The highest BCUT2D eigenvalue weighted by Crippen LogP contribution is 2.36. The normalized spacial score (nSPS) is 15.4. The molecule has 0 unspecified atom stereocenters. The van der Waals surface area contributed by atoms with Gasteiger partial charge < -0.3 is 20.0 Å². The third-order valence-electron chi connectivity index (χ3n) is 7.47. The van der Waals surface area contributed by atoms with E-state index in [1.807, 2.05) is 18.2 Å². The van der Waals surface area contributed by atoms with Crippen LogP contribution in [0, 0.1) is 0 Å². The fraction of sp³-hybridized carbons (Fsp3) is 0.400. The lowest BCUT2D eigenvalue weighted by atomic mass is 10.2. The zero-order chi connectivity index (χ0) is 28.1. The third-order valence-corrected chi connectivity index (χ3v) is 14.0. The summed E-state index contributed by atoms with van der Waals surface area (Å²) in [5, 5.41) is 2.29. The smallest absolute Gasteiger partial charge is 0.261 e. The number of hydrogen-bond donors (Lipinski definition) is 2. The Hall–Kier alpha value is -2.69. The predicted molar refractivity (Wildman–Crippen MR) is 164 cm³/mol. The summed E-state index contributed by atoms with van der Waals surface area (Å²) in [6, 6.07) is 26.1. The highest BCUT2D eigenvalue weighted by Gasteiger charge is 2.49. The summed E-state index contributed by atoms with van der Waals surface area (Å²) in [7, 11) is -4.33. The summed E-state index contributed by atoms with van der Waals surface area (Å²) in [5.74, 6) is 0. The van der Waals surface area contributed by atoms with Gasteiger partial charge in [-0.25, -0.2) is 13.1 Å². The first-order valence-electron chi connectivity index (χ1n) is 13.6. The molecule has 0 saturated carbocycles. The monoisotopic (exact) mass is 566 g/mol. The predicted octanol–water partition coefficient (Wildman–Crippen LogP) is 3.27. The number of hydrogen-bond acceptors (Lipinski definition) is 6. The Bertz CT molecular complexity index is 1280. The van der Waals surface area contributed by atoms with Gasteiger partial charge in [0.05, 0.1) is 5.69 Å². The van der Waals surface area contributed by atoms with Crippen LogP contribution in [0.2, 0.25) is 5.04 Å². The molecule has 0 bridgehead atoms. The average Bonchev–Trinajstić information content (AvgIpc) is 2.91. The van der Waals surface area contributed by atoms with Crippen molar-refractivity contribution < 1.29 is 12.8 Å². The van der Waals surface area contributed by atoms with E-state index in [4.69, 9.17) is 10.2 Å². The van der Waals surface area contributed by atoms with E-state index < -0.39 is 18.3 Å². The minimum atomic E-state index is -3.75. The van der Waals surface area contributed by atoms with Crippen LogP contribution in [0.1, 0.15) is 27.2 Å². The highest BCUT2D eigenvalue weighted by molar-refractivity contribution is 7.89. The molecule has 0 atom stereocenters. The number of nitrogens with two attached hydrogens (primary N) is 1. The van der Waals surface area contributed by atoms with E-state index in [1.165, 1.54) is 10.4 Å². The molecule has 1 heterocycles. The molecule has 7 nitrogen and oxygen atoms in total. The zero-order valence-corrected chi connectivity index (χ0v) is 25.4. The molecule has 1 aliphatic heterocycles. The molecule has 0 radical (unpaired) electrons. The van der Waals surface area contributed by atoms with Crippen LogP contribution >= 0.6 is 0 Å². The van der Waals surface area contributed by atoms with Crippen molar-refractivity contribution >= 4 is 40.1 Å². The largest absolute Gasteiger partial charge is 0.407 e. The molecular formula is C30H42N4O3SSi. The molecule has 1 saturated heterocycles. The van der Waals surface area contributed by atoms with Crippen molar-refractivity contribution in [3.8, 4) is 0 Å². The molecule has 0 aromatic heterocycles. The lowest BCUT2D eigenvalue weighted by Gasteiger charge is -2.43. The van der Waals surface area contributed by atoms with Gasteiger partial charge in [0.15, 0.2) is 0 Å². The minimum absolute atomic E-state index is 0.131. The van der Waals surface area contributed by atoms with Crippen LogP contribution in [-0.2, 0) is 14.4 Å². The van der Waals surface area contributed by atoms with Crippen LogP contribution < -0.4 is 25.7 Å². The van der Waals surface area contributed by atoms with Gasteiger partial charge in [-0.15, -0.1) is 0 Å². The van der Waals surface area contributed by atoms with Gasteiger partial charge in [-0.1, -0.05) is 81.4 Å². The highest BCUT2D eigenvalue weighted by atomic mass is 32.2. The summed E-state index contributed by atoms with van der Waals surface area (Å²) in [6.07, 6.45) is 0.551. The lowest BCUT2D eigenvalue weighted by Crippen LogP contribution is -2.66. The SMILES string of the molecule is CN1CCN(c2ccc(N)cc2S(=O)(=O)NCCCO[Si](c2ccccc2)(c2ccccc2)C(C)(C)C)CC1. The van der Waals surface area contributed by atoms with E-state index in [-0.39, 0.29) is 16.5 Å². The van der Waals surface area contributed by atoms with Crippen LogP contribution in [0.5, 0.6) is 0 Å². The minimum Gasteiger partial charge on any atom is -0.407 e. The second kappa shape index (κ2) is 12.2. The molecule has 0 aliphatic carbocycles. The van der Waals surface area contributed by atoms with Gasteiger partial charge in [-0.05, 0) is 47.1 Å². The molecule has 1 fully saturated rings. The molecule has 3 N–H and O–H groups in total. The molecule has 3 aromatic carbocycles. The maximum absolute atomic E-state index is 13.4. The fourth-order valence-electron chi connectivity index (χ4n) is 5.40. The first-order chi connectivity index (χ1) is 18.5. The van der Waals surface area contributed by atoms with Gasteiger partial charge >= 0.3 is 0 Å². The van der Waals surface area contributed by atoms with Crippen molar-refractivity contribution in [1.82, 2.24) is 9.62 Å². The first-order valence-corrected chi connectivity index (χ1v) is 17.0. The standard InChI is InChI=1S/C30H42N4O3SSi/c1-30(2,3)39(26-12-7-5-8-13-26,27-14-9-6-10-15-27)37-23-11-18-32-38(35,36)29-24-25(31)16-17-28(29)34-21-19-33(4)20-22-34/h5-10,12-17,24,32H,11,18-23,31H2,1-4H3. The van der Waals surface area contributed by atoms with Crippen LogP contribution in [-0.4, -0.2) is 68.0 Å². The number of piperazine rings is 1. The molecule has 39 heavy (non-hydrogen) atoms. The van der Waals surface area contributed by atoms with Crippen molar-refractivity contribution in [3.05, 3.63) is 78.9 Å². The number of nitrogens with one attached hydrogen (secondary N) is 1. The van der Waals surface area contributed by atoms with Crippen LogP contribution in [0.3, 0.4) is 0 Å². The van der Waals surface area contributed by atoms with Gasteiger partial charge in [0.1, 0.15) is 4.90 Å². The number of nitrogen functional groups attached to an aromatic ring is 1. The van der Waals surface area contributed by atoms with E-state index >= 15 is 0 Å². The van der Waals surface area contributed by atoms with Crippen LogP contribution in [0.25, 0.3) is 0 Å². The van der Waals surface area contributed by atoms with E-state index in [2.05, 4.69) is 90.9 Å². The second-order valence-corrected chi connectivity index (χ2v) is 17.3. The molecule has 1 aliphatic rings. The van der Waals surface area contributed by atoms with Gasteiger partial charge in [-0.3, -0.25) is 0 Å². The van der Waals surface area contributed by atoms with E-state index in [1.54, 1.807) is 12.1 Å².